The minimum absolute atomic E-state index is 0.190. The quantitative estimate of drug-likeness (QED) is 0.280. The summed E-state index contributed by atoms with van der Waals surface area (Å²) in [5.74, 6) is 0.593. The van der Waals surface area contributed by atoms with Gasteiger partial charge in [0.25, 0.3) is 5.91 Å². The molecule has 1 fully saturated rings. The summed E-state index contributed by atoms with van der Waals surface area (Å²) < 4.78 is 48.5. The van der Waals surface area contributed by atoms with Crippen molar-refractivity contribution in [2.75, 3.05) is 24.6 Å². The highest BCUT2D eigenvalue weighted by Gasteiger charge is 2.31. The molecule has 3 heterocycles. The van der Waals surface area contributed by atoms with Gasteiger partial charge in [-0.1, -0.05) is 24.3 Å². The predicted octanol–water partition coefficient (Wildman–Crippen LogP) is 6.25. The first-order valence-electron chi connectivity index (χ1n) is 13.3. The Morgan fingerprint density at radius 3 is 2.38 bits per heavy atom. The number of pyridine rings is 1. The Kier molecular flexibility index (Phi) is 7.86. The largest absolute Gasteiger partial charge is 0.573 e. The molecule has 1 aliphatic heterocycles. The molecule has 0 atom stereocenters. The van der Waals surface area contributed by atoms with Gasteiger partial charge in [-0.25, -0.2) is 4.52 Å². The van der Waals surface area contributed by atoms with Crippen molar-refractivity contribution in [1.29, 1.82) is 0 Å². The van der Waals surface area contributed by atoms with Crippen molar-refractivity contribution < 1.29 is 27.4 Å². The van der Waals surface area contributed by atoms with Crippen LogP contribution in [-0.2, 0) is 6.54 Å². The van der Waals surface area contributed by atoms with Crippen molar-refractivity contribution in [1.82, 2.24) is 14.9 Å². The van der Waals surface area contributed by atoms with Gasteiger partial charge < -0.3 is 19.7 Å². The summed E-state index contributed by atoms with van der Waals surface area (Å²) in [4.78, 5) is 15.4. The lowest BCUT2D eigenvalue weighted by Crippen LogP contribution is -2.32. The van der Waals surface area contributed by atoms with Gasteiger partial charge >= 0.3 is 6.36 Å². The topological polar surface area (TPSA) is 68.1 Å². The smallest absolute Gasteiger partial charge is 0.494 e. The highest BCUT2D eigenvalue weighted by molar-refractivity contribution is 6.02. The second-order valence-electron chi connectivity index (χ2n) is 9.81. The normalized spacial score (nSPS) is 14.4. The van der Waals surface area contributed by atoms with Gasteiger partial charge in [-0.05, 0) is 74.1 Å². The fourth-order valence-corrected chi connectivity index (χ4v) is 5.19. The number of carbonyl (C=O) groups excluding carboxylic acids is 1. The Bertz CT molecular complexity index is 1460. The van der Waals surface area contributed by atoms with Gasteiger partial charge in [-0.2, -0.15) is 5.10 Å². The number of halogens is 3. The van der Waals surface area contributed by atoms with E-state index in [0.29, 0.717) is 41.6 Å². The zero-order valence-corrected chi connectivity index (χ0v) is 22.4. The molecular formula is C30H31F3N4O3. The first-order valence-corrected chi connectivity index (χ1v) is 13.3. The molecule has 0 radical (unpaired) electrons. The lowest BCUT2D eigenvalue weighted by atomic mass is 9.89. The summed E-state index contributed by atoms with van der Waals surface area (Å²) in [5, 5.41) is 7.45. The Labute approximate surface area is 230 Å². The fraction of sp³-hybridized carbons (Fsp3) is 0.333. The monoisotopic (exact) mass is 552 g/mol. The van der Waals surface area contributed by atoms with Gasteiger partial charge in [-0.15, -0.1) is 13.2 Å². The number of nitrogens with one attached hydrogen (secondary N) is 1. The zero-order chi connectivity index (χ0) is 28.3. The van der Waals surface area contributed by atoms with Crippen LogP contribution >= 0.6 is 0 Å². The third kappa shape index (κ3) is 6.32. The van der Waals surface area contributed by atoms with Crippen molar-refractivity contribution in [2.24, 2.45) is 0 Å². The van der Waals surface area contributed by atoms with Gasteiger partial charge in [0.05, 0.1) is 23.4 Å². The van der Waals surface area contributed by atoms with Crippen LogP contribution in [0.1, 0.15) is 52.9 Å². The molecule has 7 nitrogen and oxygen atoms in total. The lowest BCUT2D eigenvalue weighted by Gasteiger charge is -2.34. The number of hydrogen-bond acceptors (Lipinski definition) is 5. The third-order valence-electron chi connectivity index (χ3n) is 7.15. The first kappa shape index (κ1) is 27.4. The number of rotatable bonds is 8. The molecule has 1 N–H and O–H groups in total. The molecule has 1 saturated heterocycles. The lowest BCUT2D eigenvalue weighted by molar-refractivity contribution is -0.274. The van der Waals surface area contributed by atoms with Crippen LogP contribution in [0.25, 0.3) is 5.52 Å². The van der Waals surface area contributed by atoms with E-state index >= 15 is 0 Å². The van der Waals surface area contributed by atoms with Gasteiger partial charge in [0.1, 0.15) is 11.5 Å². The number of carbonyl (C=O) groups is 1. The number of nitrogens with zero attached hydrogens (tertiary/aromatic N) is 3. The number of amides is 1. The van der Waals surface area contributed by atoms with E-state index in [1.807, 2.05) is 38.1 Å². The highest BCUT2D eigenvalue weighted by atomic mass is 19.4. The summed E-state index contributed by atoms with van der Waals surface area (Å²) in [7, 11) is 0. The Morgan fingerprint density at radius 2 is 1.73 bits per heavy atom. The van der Waals surface area contributed by atoms with Crippen molar-refractivity contribution in [3.05, 3.63) is 89.2 Å². The van der Waals surface area contributed by atoms with Crippen molar-refractivity contribution >= 4 is 17.1 Å². The molecule has 210 valence electrons. The van der Waals surface area contributed by atoms with Gasteiger partial charge in [-0.3, -0.25) is 4.79 Å². The number of aryl methyl sites for hydroxylation is 1. The van der Waals surface area contributed by atoms with Crippen molar-refractivity contribution in [3.63, 3.8) is 0 Å². The number of ether oxygens (including phenoxy) is 2. The van der Waals surface area contributed by atoms with E-state index < -0.39 is 6.36 Å². The molecule has 0 bridgehead atoms. The molecule has 0 saturated carbocycles. The number of piperidine rings is 1. The third-order valence-corrected chi connectivity index (χ3v) is 7.15. The van der Waals surface area contributed by atoms with E-state index in [4.69, 9.17) is 4.74 Å². The van der Waals surface area contributed by atoms with Crippen molar-refractivity contribution in [3.8, 4) is 11.5 Å². The molecule has 4 aromatic rings. The summed E-state index contributed by atoms with van der Waals surface area (Å²) in [6.07, 6.45) is -1.09. The van der Waals surface area contributed by atoms with Crippen LogP contribution in [-0.4, -0.2) is 41.6 Å². The number of benzene rings is 2. The van der Waals surface area contributed by atoms with E-state index in [0.717, 1.165) is 42.7 Å². The Morgan fingerprint density at radius 1 is 1.02 bits per heavy atom. The molecule has 1 aliphatic rings. The number of hydrogen-bond donors (Lipinski definition) is 1. The molecule has 40 heavy (non-hydrogen) atoms. The molecular weight excluding hydrogens is 521 g/mol. The first-order chi connectivity index (χ1) is 19.2. The summed E-state index contributed by atoms with van der Waals surface area (Å²) in [6, 6.07) is 18.0. The van der Waals surface area contributed by atoms with E-state index in [9.17, 15) is 18.0 Å². The Hall–Kier alpha value is -4.21. The minimum atomic E-state index is -4.68. The van der Waals surface area contributed by atoms with Gasteiger partial charge in [0.15, 0.2) is 0 Å². The molecule has 0 unspecified atom stereocenters. The molecule has 5 rings (SSSR count). The fourth-order valence-electron chi connectivity index (χ4n) is 5.19. The maximum atomic E-state index is 13.1. The number of anilines is 1. The molecule has 10 heteroatoms. The average Bonchev–Trinajstić information content (AvgIpc) is 3.27. The van der Waals surface area contributed by atoms with Gasteiger partial charge in [0.2, 0.25) is 0 Å². The van der Waals surface area contributed by atoms with Crippen LogP contribution in [0.4, 0.5) is 18.9 Å². The Balaban J connectivity index is 1.15. The molecule has 2 aromatic heterocycles. The maximum Gasteiger partial charge on any atom is 0.573 e. The number of aromatic nitrogens is 2. The molecule has 2 aromatic carbocycles. The van der Waals surface area contributed by atoms with Crippen LogP contribution in [0, 0.1) is 6.92 Å². The van der Waals surface area contributed by atoms with E-state index in [2.05, 4.69) is 32.2 Å². The highest BCUT2D eigenvalue weighted by Crippen LogP contribution is 2.32. The van der Waals surface area contributed by atoms with E-state index in [1.54, 1.807) is 22.8 Å². The molecule has 0 aliphatic carbocycles. The maximum absolute atomic E-state index is 13.1. The summed E-state index contributed by atoms with van der Waals surface area (Å²) in [5.41, 5.74) is 4.99. The van der Waals surface area contributed by atoms with Crippen LogP contribution < -0.4 is 19.7 Å². The molecule has 1 amide bonds. The van der Waals surface area contributed by atoms with E-state index in [-0.39, 0.29) is 11.7 Å². The summed E-state index contributed by atoms with van der Waals surface area (Å²) in [6.45, 7) is 6.35. The average molecular weight is 553 g/mol. The van der Waals surface area contributed by atoms with Crippen LogP contribution in [0.3, 0.4) is 0 Å². The van der Waals surface area contributed by atoms with Crippen LogP contribution in [0.15, 0.2) is 66.9 Å². The molecule has 0 spiro atoms. The van der Waals surface area contributed by atoms with Crippen LogP contribution in [0.2, 0.25) is 0 Å². The number of alkyl halides is 3. The second kappa shape index (κ2) is 11.5. The summed E-state index contributed by atoms with van der Waals surface area (Å²) >= 11 is 0. The van der Waals surface area contributed by atoms with Crippen molar-refractivity contribution in [2.45, 2.75) is 45.5 Å². The minimum Gasteiger partial charge on any atom is -0.494 e. The zero-order valence-electron chi connectivity index (χ0n) is 22.4. The second-order valence-corrected chi connectivity index (χ2v) is 9.81. The van der Waals surface area contributed by atoms with Gasteiger partial charge in [0, 0.05) is 37.6 Å². The predicted molar refractivity (Wildman–Crippen MR) is 146 cm³/mol. The van der Waals surface area contributed by atoms with E-state index in [1.165, 1.54) is 12.1 Å². The van der Waals surface area contributed by atoms with Crippen LogP contribution in [0.5, 0.6) is 11.5 Å². The number of fused-ring (bicyclic) bond motifs is 1. The standard InChI is InChI=1S/C30H31F3N4O3/c1-3-39-26-14-17-37-27(18-26)28(20(2)35-37)29(38)34-19-21-4-8-24(9-5-21)36-15-12-23(13-16-36)22-6-10-25(11-7-22)40-30(31,32)33/h4-11,14,17-18,23H,3,12-13,15-16,19H2,1-2H3,(H,34,38). The SMILES string of the molecule is CCOc1ccn2nc(C)c(C(=O)NCc3ccc(N4CCC(c5ccc(OC(F)(F)F)cc5)CC4)cc3)c2c1.